The standard InChI is InChI=1S/C14H26N4O2S/c1-4-6-11(5-2)18-21(19,20)14-13(10(3)16-17-14)9-15-12-7-8-12/h11-12,15,18H,4-9H2,1-3H3,(H,16,17). The minimum Gasteiger partial charge on any atom is -0.310 e. The predicted molar refractivity (Wildman–Crippen MR) is 82.5 cm³/mol. The Morgan fingerprint density at radius 1 is 1.38 bits per heavy atom. The van der Waals surface area contributed by atoms with Gasteiger partial charge in [0.2, 0.25) is 0 Å². The number of aromatic amines is 1. The number of aryl methyl sites for hydroxylation is 1. The number of nitrogens with one attached hydrogen (secondary N) is 3. The molecule has 1 aromatic rings. The average Bonchev–Trinajstić information content (AvgIpc) is 3.18. The Hall–Kier alpha value is -0.920. The van der Waals surface area contributed by atoms with Crippen LogP contribution in [0.2, 0.25) is 0 Å². The Kier molecular flexibility index (Phi) is 5.40. The summed E-state index contributed by atoms with van der Waals surface area (Å²) in [5.74, 6) is 0. The molecule has 1 aliphatic carbocycles. The van der Waals surface area contributed by atoms with E-state index in [0.717, 1.165) is 30.5 Å². The fraction of sp³-hybridized carbons (Fsp3) is 0.786. The van der Waals surface area contributed by atoms with E-state index in [4.69, 9.17) is 0 Å². The normalized spacial score (nSPS) is 17.1. The summed E-state index contributed by atoms with van der Waals surface area (Å²) in [6.07, 6.45) is 4.93. The van der Waals surface area contributed by atoms with Crippen molar-refractivity contribution < 1.29 is 8.42 Å². The molecule has 0 aliphatic heterocycles. The molecule has 1 unspecified atom stereocenters. The summed E-state index contributed by atoms with van der Waals surface area (Å²) in [5, 5.41) is 10.3. The van der Waals surface area contributed by atoms with Crippen LogP contribution in [0, 0.1) is 6.92 Å². The zero-order chi connectivity index (χ0) is 15.5. The Morgan fingerprint density at radius 2 is 2.10 bits per heavy atom. The molecule has 0 aromatic carbocycles. The Morgan fingerprint density at radius 3 is 2.67 bits per heavy atom. The molecule has 1 fully saturated rings. The largest absolute Gasteiger partial charge is 0.310 e. The molecular weight excluding hydrogens is 288 g/mol. The summed E-state index contributed by atoms with van der Waals surface area (Å²) in [6, 6.07) is 0.507. The second-order valence-electron chi connectivity index (χ2n) is 5.80. The number of hydrogen-bond donors (Lipinski definition) is 3. The molecular formula is C14H26N4O2S. The first-order valence-corrected chi connectivity index (χ1v) is 9.25. The van der Waals surface area contributed by atoms with E-state index in [-0.39, 0.29) is 11.1 Å². The van der Waals surface area contributed by atoms with Crippen molar-refractivity contribution in [1.29, 1.82) is 0 Å². The monoisotopic (exact) mass is 314 g/mol. The molecule has 0 saturated heterocycles. The maximum atomic E-state index is 12.5. The van der Waals surface area contributed by atoms with Crippen LogP contribution in [-0.2, 0) is 16.6 Å². The molecule has 0 amide bonds. The van der Waals surface area contributed by atoms with Gasteiger partial charge in [0.1, 0.15) is 0 Å². The van der Waals surface area contributed by atoms with Gasteiger partial charge in [-0.25, -0.2) is 13.1 Å². The maximum absolute atomic E-state index is 12.5. The van der Waals surface area contributed by atoms with E-state index in [1.165, 1.54) is 12.8 Å². The van der Waals surface area contributed by atoms with Crippen molar-refractivity contribution in [3.05, 3.63) is 11.3 Å². The summed E-state index contributed by atoms with van der Waals surface area (Å²) in [6.45, 7) is 6.46. The van der Waals surface area contributed by atoms with E-state index in [1.54, 1.807) is 0 Å². The highest BCUT2D eigenvalue weighted by Gasteiger charge is 2.27. The van der Waals surface area contributed by atoms with E-state index in [9.17, 15) is 8.42 Å². The van der Waals surface area contributed by atoms with Crippen LogP contribution in [0.15, 0.2) is 5.03 Å². The van der Waals surface area contributed by atoms with Crippen LogP contribution in [0.3, 0.4) is 0 Å². The van der Waals surface area contributed by atoms with Crippen LogP contribution < -0.4 is 10.0 Å². The first-order chi connectivity index (χ1) is 9.97. The minimum atomic E-state index is -3.56. The number of hydrogen-bond acceptors (Lipinski definition) is 4. The van der Waals surface area contributed by atoms with Gasteiger partial charge in [-0.2, -0.15) is 5.10 Å². The van der Waals surface area contributed by atoms with Crippen LogP contribution in [-0.4, -0.2) is 30.7 Å². The van der Waals surface area contributed by atoms with Gasteiger partial charge in [0.15, 0.2) is 5.03 Å². The van der Waals surface area contributed by atoms with Crippen molar-refractivity contribution in [2.24, 2.45) is 0 Å². The first-order valence-electron chi connectivity index (χ1n) is 7.77. The Balaban J connectivity index is 2.14. The predicted octanol–water partition coefficient (Wildman–Crippen LogP) is 1.83. The molecule has 1 heterocycles. The topological polar surface area (TPSA) is 86.9 Å². The van der Waals surface area contributed by atoms with Crippen molar-refractivity contribution in [2.75, 3.05) is 0 Å². The van der Waals surface area contributed by atoms with Crippen molar-refractivity contribution in [3.8, 4) is 0 Å². The van der Waals surface area contributed by atoms with Gasteiger partial charge in [0.05, 0.1) is 0 Å². The molecule has 1 atom stereocenters. The van der Waals surface area contributed by atoms with Crippen LogP contribution in [0.25, 0.3) is 0 Å². The lowest BCUT2D eigenvalue weighted by molar-refractivity contribution is 0.509. The molecule has 0 spiro atoms. The molecule has 120 valence electrons. The minimum absolute atomic E-state index is 0.0266. The molecule has 21 heavy (non-hydrogen) atoms. The second kappa shape index (κ2) is 6.89. The number of nitrogens with zero attached hydrogens (tertiary/aromatic N) is 1. The van der Waals surface area contributed by atoms with Gasteiger partial charge in [-0.05, 0) is 32.6 Å². The molecule has 2 rings (SSSR count). The van der Waals surface area contributed by atoms with Crippen LogP contribution >= 0.6 is 0 Å². The second-order valence-corrected chi connectivity index (χ2v) is 7.43. The van der Waals surface area contributed by atoms with Crippen LogP contribution in [0.1, 0.15) is 57.2 Å². The molecule has 1 aliphatic rings. The number of aromatic nitrogens is 2. The van der Waals surface area contributed by atoms with E-state index in [1.807, 2.05) is 13.8 Å². The molecule has 0 bridgehead atoms. The van der Waals surface area contributed by atoms with E-state index >= 15 is 0 Å². The zero-order valence-electron chi connectivity index (χ0n) is 13.1. The lowest BCUT2D eigenvalue weighted by Crippen LogP contribution is -2.35. The quantitative estimate of drug-likeness (QED) is 0.649. The van der Waals surface area contributed by atoms with Crippen molar-refractivity contribution in [3.63, 3.8) is 0 Å². The van der Waals surface area contributed by atoms with Crippen LogP contribution in [0.4, 0.5) is 0 Å². The van der Waals surface area contributed by atoms with Gasteiger partial charge < -0.3 is 5.32 Å². The molecule has 7 heteroatoms. The smallest absolute Gasteiger partial charge is 0.260 e. The summed E-state index contributed by atoms with van der Waals surface area (Å²) in [7, 11) is -3.56. The SMILES string of the molecule is CCCC(CC)NS(=O)(=O)c1n[nH]c(C)c1CNC1CC1. The summed E-state index contributed by atoms with van der Waals surface area (Å²) in [5.41, 5.74) is 1.56. The Bertz CT molecular complexity index is 564. The van der Waals surface area contributed by atoms with Gasteiger partial charge >= 0.3 is 0 Å². The van der Waals surface area contributed by atoms with Gasteiger partial charge in [-0.15, -0.1) is 0 Å². The summed E-state index contributed by atoms with van der Waals surface area (Å²) in [4.78, 5) is 0. The molecule has 3 N–H and O–H groups in total. The number of H-pyrrole nitrogens is 1. The number of rotatable bonds is 9. The summed E-state index contributed by atoms with van der Waals surface area (Å²) < 4.78 is 27.9. The third kappa shape index (κ3) is 4.28. The molecule has 6 nitrogen and oxygen atoms in total. The highest BCUT2D eigenvalue weighted by molar-refractivity contribution is 7.89. The summed E-state index contributed by atoms with van der Waals surface area (Å²) >= 11 is 0. The van der Waals surface area contributed by atoms with Crippen molar-refractivity contribution in [2.45, 2.75) is 76.5 Å². The third-order valence-electron chi connectivity index (χ3n) is 3.89. The fourth-order valence-corrected chi connectivity index (χ4v) is 3.91. The van der Waals surface area contributed by atoms with Crippen LogP contribution in [0.5, 0.6) is 0 Å². The molecule has 1 saturated carbocycles. The van der Waals surface area contributed by atoms with Gasteiger partial charge in [0.25, 0.3) is 10.0 Å². The molecule has 0 radical (unpaired) electrons. The van der Waals surface area contributed by atoms with E-state index < -0.39 is 10.0 Å². The lowest BCUT2D eigenvalue weighted by atomic mass is 10.1. The third-order valence-corrected chi connectivity index (χ3v) is 5.38. The van der Waals surface area contributed by atoms with Crippen molar-refractivity contribution >= 4 is 10.0 Å². The van der Waals surface area contributed by atoms with E-state index in [2.05, 4.69) is 27.2 Å². The highest BCUT2D eigenvalue weighted by atomic mass is 32.2. The number of sulfonamides is 1. The van der Waals surface area contributed by atoms with Crippen molar-refractivity contribution in [1.82, 2.24) is 20.2 Å². The molecule has 1 aromatic heterocycles. The van der Waals surface area contributed by atoms with Gasteiger partial charge in [-0.3, -0.25) is 5.10 Å². The first kappa shape index (κ1) is 16.5. The fourth-order valence-electron chi connectivity index (χ4n) is 2.36. The maximum Gasteiger partial charge on any atom is 0.260 e. The lowest BCUT2D eigenvalue weighted by Gasteiger charge is -2.16. The average molecular weight is 314 g/mol. The van der Waals surface area contributed by atoms with E-state index in [0.29, 0.717) is 12.6 Å². The Labute approximate surface area is 127 Å². The van der Waals surface area contributed by atoms with Gasteiger partial charge in [-0.1, -0.05) is 20.3 Å². The van der Waals surface area contributed by atoms with Gasteiger partial charge in [0, 0.05) is 29.9 Å². The zero-order valence-corrected chi connectivity index (χ0v) is 13.9. The highest BCUT2D eigenvalue weighted by Crippen LogP contribution is 2.22.